The van der Waals surface area contributed by atoms with Crippen molar-refractivity contribution in [2.75, 3.05) is 26.2 Å². The number of nitrogens with zero attached hydrogens (tertiary/aromatic N) is 2. The van der Waals surface area contributed by atoms with E-state index in [1.54, 1.807) is 12.1 Å². The number of hydrogen-bond donors (Lipinski definition) is 1. The highest BCUT2D eigenvalue weighted by atomic mass is 16.6. The van der Waals surface area contributed by atoms with E-state index in [2.05, 4.69) is 17.1 Å². The van der Waals surface area contributed by atoms with Gasteiger partial charge in [-0.2, -0.15) is 0 Å². The van der Waals surface area contributed by atoms with Gasteiger partial charge in [0.1, 0.15) is 0 Å². The highest BCUT2D eigenvalue weighted by Gasteiger charge is 2.17. The number of nitro groups is 1. The molecule has 1 aliphatic heterocycles. The second-order valence-electron chi connectivity index (χ2n) is 5.87. The molecule has 0 amide bonds. The van der Waals surface area contributed by atoms with Crippen LogP contribution >= 0.6 is 0 Å². The Balaban J connectivity index is 1.92. The lowest BCUT2D eigenvalue weighted by molar-refractivity contribution is -0.384. The number of nitrogens with one attached hydrogen (secondary N) is 1. The van der Waals surface area contributed by atoms with Gasteiger partial charge < -0.3 is 5.32 Å². The molecule has 5 heteroatoms. The largest absolute Gasteiger partial charge is 0.316 e. The van der Waals surface area contributed by atoms with Gasteiger partial charge in [-0.05, 0) is 50.4 Å². The second-order valence-corrected chi connectivity index (χ2v) is 5.87. The standard InChI is InChI=1S/C16H25N3O2/c1-2-10-18(13-15-4-3-9-17-11-15)12-14-5-7-16(8-6-14)19(20)21/h5-8,15,17H,2-4,9-13H2,1H3. The van der Waals surface area contributed by atoms with E-state index >= 15 is 0 Å². The van der Waals surface area contributed by atoms with Gasteiger partial charge >= 0.3 is 0 Å². The van der Waals surface area contributed by atoms with Crippen LogP contribution in [0.2, 0.25) is 0 Å². The lowest BCUT2D eigenvalue weighted by Gasteiger charge is -2.30. The van der Waals surface area contributed by atoms with E-state index < -0.39 is 0 Å². The summed E-state index contributed by atoms with van der Waals surface area (Å²) in [7, 11) is 0. The molecule has 21 heavy (non-hydrogen) atoms. The highest BCUT2D eigenvalue weighted by molar-refractivity contribution is 5.32. The topological polar surface area (TPSA) is 58.4 Å². The van der Waals surface area contributed by atoms with Crippen LogP contribution in [0.5, 0.6) is 0 Å². The Morgan fingerprint density at radius 3 is 2.71 bits per heavy atom. The van der Waals surface area contributed by atoms with E-state index in [1.807, 2.05) is 12.1 Å². The number of piperidine rings is 1. The van der Waals surface area contributed by atoms with Gasteiger partial charge in [-0.1, -0.05) is 19.1 Å². The molecule has 0 bridgehead atoms. The van der Waals surface area contributed by atoms with Crippen molar-refractivity contribution >= 4 is 5.69 Å². The molecule has 0 spiro atoms. The first-order valence-corrected chi connectivity index (χ1v) is 7.85. The van der Waals surface area contributed by atoms with Gasteiger partial charge in [-0.15, -0.1) is 0 Å². The number of rotatable bonds is 7. The molecule has 5 nitrogen and oxygen atoms in total. The summed E-state index contributed by atoms with van der Waals surface area (Å²) >= 11 is 0. The maximum atomic E-state index is 10.7. The fraction of sp³-hybridized carbons (Fsp3) is 0.625. The Morgan fingerprint density at radius 2 is 2.14 bits per heavy atom. The third-order valence-corrected chi connectivity index (χ3v) is 4.01. The van der Waals surface area contributed by atoms with Crippen LogP contribution in [-0.4, -0.2) is 36.0 Å². The van der Waals surface area contributed by atoms with Crippen LogP contribution < -0.4 is 5.32 Å². The summed E-state index contributed by atoms with van der Waals surface area (Å²) in [6, 6.07) is 6.95. The van der Waals surface area contributed by atoms with Crippen LogP contribution in [0.3, 0.4) is 0 Å². The molecule has 1 aromatic carbocycles. The summed E-state index contributed by atoms with van der Waals surface area (Å²) in [4.78, 5) is 12.8. The Morgan fingerprint density at radius 1 is 1.38 bits per heavy atom. The Labute approximate surface area is 126 Å². The van der Waals surface area contributed by atoms with Crippen LogP contribution in [-0.2, 0) is 6.54 Å². The third kappa shape index (κ3) is 5.10. The average Bonchev–Trinajstić information content (AvgIpc) is 2.49. The van der Waals surface area contributed by atoms with Gasteiger partial charge in [0.05, 0.1) is 4.92 Å². The minimum absolute atomic E-state index is 0.164. The zero-order valence-electron chi connectivity index (χ0n) is 12.8. The third-order valence-electron chi connectivity index (χ3n) is 4.01. The summed E-state index contributed by atoms with van der Waals surface area (Å²) in [5.41, 5.74) is 1.31. The Hall–Kier alpha value is -1.46. The Kier molecular flexibility index (Phi) is 6.14. The van der Waals surface area contributed by atoms with Crippen LogP contribution in [0.15, 0.2) is 24.3 Å². The lowest BCUT2D eigenvalue weighted by Crippen LogP contribution is -2.38. The molecule has 1 aromatic rings. The minimum atomic E-state index is -0.346. The molecule has 1 N–H and O–H groups in total. The zero-order chi connectivity index (χ0) is 15.1. The van der Waals surface area contributed by atoms with Crippen molar-refractivity contribution in [3.8, 4) is 0 Å². The molecule has 0 aliphatic carbocycles. The summed E-state index contributed by atoms with van der Waals surface area (Å²) in [5, 5.41) is 14.2. The molecule has 1 atom stereocenters. The van der Waals surface area contributed by atoms with Crippen LogP contribution in [0.1, 0.15) is 31.7 Å². The van der Waals surface area contributed by atoms with E-state index in [0.29, 0.717) is 0 Å². The lowest BCUT2D eigenvalue weighted by atomic mass is 9.98. The van der Waals surface area contributed by atoms with E-state index in [1.165, 1.54) is 12.8 Å². The van der Waals surface area contributed by atoms with Gasteiger partial charge in [0.15, 0.2) is 0 Å². The van der Waals surface area contributed by atoms with Crippen molar-refractivity contribution in [1.82, 2.24) is 10.2 Å². The summed E-state index contributed by atoms with van der Waals surface area (Å²) < 4.78 is 0. The van der Waals surface area contributed by atoms with E-state index in [-0.39, 0.29) is 10.6 Å². The molecule has 1 aliphatic rings. The number of nitro benzene ring substituents is 1. The van der Waals surface area contributed by atoms with Crippen molar-refractivity contribution in [1.29, 1.82) is 0 Å². The minimum Gasteiger partial charge on any atom is -0.316 e. The van der Waals surface area contributed by atoms with Crippen LogP contribution in [0.4, 0.5) is 5.69 Å². The molecule has 0 saturated carbocycles. The van der Waals surface area contributed by atoms with E-state index in [4.69, 9.17) is 0 Å². The van der Waals surface area contributed by atoms with Gasteiger partial charge in [0, 0.05) is 25.2 Å². The Bertz CT molecular complexity index is 441. The first-order chi connectivity index (χ1) is 10.2. The second kappa shape index (κ2) is 8.10. The van der Waals surface area contributed by atoms with E-state index in [9.17, 15) is 10.1 Å². The SMILES string of the molecule is CCCN(Cc1ccc([N+](=O)[O-])cc1)CC1CCCNC1. The monoisotopic (exact) mass is 291 g/mol. The molecule has 0 aromatic heterocycles. The van der Waals surface area contributed by atoms with Crippen LogP contribution in [0, 0.1) is 16.0 Å². The normalized spacial score (nSPS) is 18.9. The van der Waals surface area contributed by atoms with Gasteiger partial charge in [0.2, 0.25) is 0 Å². The molecule has 1 heterocycles. The van der Waals surface area contributed by atoms with Gasteiger partial charge in [-0.25, -0.2) is 0 Å². The fourth-order valence-corrected chi connectivity index (χ4v) is 2.98. The first-order valence-electron chi connectivity index (χ1n) is 7.85. The maximum absolute atomic E-state index is 10.7. The summed E-state index contributed by atoms with van der Waals surface area (Å²) in [6.07, 6.45) is 3.70. The first kappa shape index (κ1) is 15.9. The van der Waals surface area contributed by atoms with Gasteiger partial charge in [-0.3, -0.25) is 15.0 Å². The van der Waals surface area contributed by atoms with Gasteiger partial charge in [0.25, 0.3) is 5.69 Å². The molecule has 1 saturated heterocycles. The number of benzene rings is 1. The maximum Gasteiger partial charge on any atom is 0.269 e. The average molecular weight is 291 g/mol. The van der Waals surface area contributed by atoms with Crippen molar-refractivity contribution in [2.45, 2.75) is 32.7 Å². The van der Waals surface area contributed by atoms with Crippen molar-refractivity contribution in [3.63, 3.8) is 0 Å². The molecule has 116 valence electrons. The molecule has 0 radical (unpaired) electrons. The predicted octanol–water partition coefficient (Wildman–Crippen LogP) is 2.81. The smallest absolute Gasteiger partial charge is 0.269 e. The molecule has 1 unspecified atom stereocenters. The van der Waals surface area contributed by atoms with Crippen LogP contribution in [0.25, 0.3) is 0 Å². The predicted molar refractivity (Wildman–Crippen MR) is 84.3 cm³/mol. The highest BCUT2D eigenvalue weighted by Crippen LogP contribution is 2.16. The number of non-ortho nitro benzene ring substituents is 1. The number of hydrogen-bond acceptors (Lipinski definition) is 4. The quantitative estimate of drug-likeness (QED) is 0.620. The summed E-state index contributed by atoms with van der Waals surface area (Å²) in [5.74, 6) is 0.725. The summed E-state index contributed by atoms with van der Waals surface area (Å²) in [6.45, 7) is 7.52. The fourth-order valence-electron chi connectivity index (χ4n) is 2.98. The molecule has 2 rings (SSSR count). The zero-order valence-corrected chi connectivity index (χ0v) is 12.8. The van der Waals surface area contributed by atoms with Crippen molar-refractivity contribution in [2.24, 2.45) is 5.92 Å². The van der Waals surface area contributed by atoms with E-state index in [0.717, 1.165) is 50.6 Å². The molecular formula is C16H25N3O2. The molecule has 1 fully saturated rings. The van der Waals surface area contributed by atoms with Crippen molar-refractivity contribution < 1.29 is 4.92 Å². The van der Waals surface area contributed by atoms with Crippen molar-refractivity contribution in [3.05, 3.63) is 39.9 Å². The molecular weight excluding hydrogens is 266 g/mol.